The maximum absolute atomic E-state index is 12.8. The first-order valence-electron chi connectivity index (χ1n) is 7.19. The summed E-state index contributed by atoms with van der Waals surface area (Å²) in [5.74, 6) is 0.414. The van der Waals surface area contributed by atoms with Crippen molar-refractivity contribution in [2.75, 3.05) is 11.8 Å². The van der Waals surface area contributed by atoms with Gasteiger partial charge in [0.15, 0.2) is 11.4 Å². The Morgan fingerprint density at radius 3 is 2.75 bits per heavy atom. The lowest BCUT2D eigenvalue weighted by atomic mass is 10.2. The number of methoxy groups -OCH3 is 1. The Hall–Kier alpha value is -2.06. The third-order valence-corrected chi connectivity index (χ3v) is 5.44. The zero-order valence-electron chi connectivity index (χ0n) is 13.0. The van der Waals surface area contributed by atoms with Crippen molar-refractivity contribution in [3.05, 3.63) is 46.4 Å². The summed E-state index contributed by atoms with van der Waals surface area (Å²) in [5, 5.41) is 4.39. The molecule has 0 atom stereocenters. The molecular weight excluding hydrogens is 396 g/mol. The highest BCUT2D eigenvalue weighted by molar-refractivity contribution is 9.10. The molecule has 126 valence electrons. The molecule has 0 aliphatic rings. The van der Waals surface area contributed by atoms with E-state index in [2.05, 4.69) is 25.8 Å². The molecule has 1 aromatic heterocycles. The summed E-state index contributed by atoms with van der Waals surface area (Å²) in [5.41, 5.74) is 1.38. The number of aryl methyl sites for hydroxylation is 1. The molecule has 0 radical (unpaired) electrons. The molecule has 0 amide bonds. The number of nitrogens with zero attached hydrogens (tertiary/aromatic N) is 1. The Balaban J connectivity index is 2.05. The van der Waals surface area contributed by atoms with E-state index in [9.17, 15) is 8.42 Å². The lowest BCUT2D eigenvalue weighted by Gasteiger charge is -2.11. The SMILES string of the molecule is CCc1ccc(OC)c(S(=O)(=O)Nc2noc3cc(Br)ccc23)c1. The van der Waals surface area contributed by atoms with Crippen LogP contribution in [0.1, 0.15) is 12.5 Å². The molecule has 0 aliphatic carbocycles. The van der Waals surface area contributed by atoms with Crippen molar-refractivity contribution in [1.82, 2.24) is 5.16 Å². The van der Waals surface area contributed by atoms with Crippen LogP contribution in [0.4, 0.5) is 5.82 Å². The molecule has 6 nitrogen and oxygen atoms in total. The predicted molar refractivity (Wildman–Crippen MR) is 94.9 cm³/mol. The second kappa shape index (κ2) is 6.45. The lowest BCUT2D eigenvalue weighted by molar-refractivity contribution is 0.402. The van der Waals surface area contributed by atoms with Gasteiger partial charge in [-0.25, -0.2) is 8.42 Å². The number of ether oxygens (including phenoxy) is 1. The molecule has 1 N–H and O–H groups in total. The van der Waals surface area contributed by atoms with Gasteiger partial charge in [0.1, 0.15) is 10.6 Å². The zero-order chi connectivity index (χ0) is 17.3. The Morgan fingerprint density at radius 1 is 1.25 bits per heavy atom. The van der Waals surface area contributed by atoms with E-state index in [4.69, 9.17) is 9.26 Å². The summed E-state index contributed by atoms with van der Waals surface area (Å²) >= 11 is 3.33. The second-order valence-electron chi connectivity index (χ2n) is 5.12. The smallest absolute Gasteiger partial charge is 0.266 e. The number of hydrogen-bond acceptors (Lipinski definition) is 5. The Labute approximate surface area is 148 Å². The molecule has 0 spiro atoms. The molecule has 0 saturated heterocycles. The summed E-state index contributed by atoms with van der Waals surface area (Å²) < 4.78 is 39.2. The van der Waals surface area contributed by atoms with Crippen molar-refractivity contribution in [3.8, 4) is 5.75 Å². The highest BCUT2D eigenvalue weighted by atomic mass is 79.9. The monoisotopic (exact) mass is 410 g/mol. The van der Waals surface area contributed by atoms with Crippen LogP contribution in [0, 0.1) is 0 Å². The van der Waals surface area contributed by atoms with Gasteiger partial charge in [-0.1, -0.05) is 34.1 Å². The molecule has 24 heavy (non-hydrogen) atoms. The van der Waals surface area contributed by atoms with Crippen LogP contribution >= 0.6 is 15.9 Å². The summed E-state index contributed by atoms with van der Waals surface area (Å²) in [6.45, 7) is 1.95. The number of sulfonamides is 1. The van der Waals surface area contributed by atoms with E-state index in [-0.39, 0.29) is 16.5 Å². The molecule has 1 heterocycles. The molecule has 3 rings (SSSR count). The van der Waals surface area contributed by atoms with Crippen LogP contribution < -0.4 is 9.46 Å². The van der Waals surface area contributed by atoms with Gasteiger partial charge in [-0.05, 0) is 42.3 Å². The van der Waals surface area contributed by atoms with E-state index < -0.39 is 10.0 Å². The van der Waals surface area contributed by atoms with Crippen LogP contribution in [0.5, 0.6) is 5.75 Å². The Morgan fingerprint density at radius 2 is 2.04 bits per heavy atom. The van der Waals surface area contributed by atoms with Crippen LogP contribution in [-0.4, -0.2) is 20.7 Å². The first-order chi connectivity index (χ1) is 11.4. The minimum absolute atomic E-state index is 0.0672. The fourth-order valence-electron chi connectivity index (χ4n) is 2.32. The molecule has 2 aromatic carbocycles. The first-order valence-corrected chi connectivity index (χ1v) is 9.47. The Kier molecular flexibility index (Phi) is 4.51. The number of benzene rings is 2. The quantitative estimate of drug-likeness (QED) is 0.687. The van der Waals surface area contributed by atoms with Crippen molar-refractivity contribution < 1.29 is 17.7 Å². The first kappa shape index (κ1) is 16.8. The number of fused-ring (bicyclic) bond motifs is 1. The minimum Gasteiger partial charge on any atom is -0.495 e. The van der Waals surface area contributed by atoms with Gasteiger partial charge in [-0.2, -0.15) is 0 Å². The average molecular weight is 411 g/mol. The fraction of sp³-hybridized carbons (Fsp3) is 0.188. The van der Waals surface area contributed by atoms with Gasteiger partial charge in [0.2, 0.25) is 0 Å². The van der Waals surface area contributed by atoms with Crippen LogP contribution in [-0.2, 0) is 16.4 Å². The summed E-state index contributed by atoms with van der Waals surface area (Å²) in [4.78, 5) is 0.0672. The summed E-state index contributed by atoms with van der Waals surface area (Å²) in [6.07, 6.45) is 0.716. The number of rotatable bonds is 5. The standard InChI is InChI=1S/C16H15BrN2O4S/c1-3-10-4-7-13(22-2)15(8-10)24(20,21)19-16-12-6-5-11(17)9-14(12)23-18-16/h4-9H,3H2,1-2H3,(H,18,19). The van der Waals surface area contributed by atoms with Gasteiger partial charge in [0, 0.05) is 4.47 Å². The minimum atomic E-state index is -3.87. The molecule has 0 aliphatic heterocycles. The van der Waals surface area contributed by atoms with Crippen molar-refractivity contribution in [2.45, 2.75) is 18.2 Å². The number of nitrogens with one attached hydrogen (secondary N) is 1. The maximum Gasteiger partial charge on any atom is 0.266 e. The highest BCUT2D eigenvalue weighted by Crippen LogP contribution is 2.30. The fourth-order valence-corrected chi connectivity index (χ4v) is 3.89. The van der Waals surface area contributed by atoms with Crippen molar-refractivity contribution in [3.63, 3.8) is 0 Å². The third kappa shape index (κ3) is 3.11. The van der Waals surface area contributed by atoms with Crippen molar-refractivity contribution >= 4 is 42.7 Å². The number of aromatic nitrogens is 1. The highest BCUT2D eigenvalue weighted by Gasteiger charge is 2.23. The van der Waals surface area contributed by atoms with E-state index in [0.717, 1.165) is 10.0 Å². The van der Waals surface area contributed by atoms with Gasteiger partial charge in [0.25, 0.3) is 10.0 Å². The van der Waals surface area contributed by atoms with E-state index >= 15 is 0 Å². The normalized spacial score (nSPS) is 11.6. The molecule has 0 saturated carbocycles. The number of halogens is 1. The topological polar surface area (TPSA) is 81.4 Å². The van der Waals surface area contributed by atoms with Gasteiger partial charge in [0.05, 0.1) is 12.5 Å². The summed E-state index contributed by atoms with van der Waals surface area (Å²) in [6, 6.07) is 10.3. The second-order valence-corrected chi connectivity index (χ2v) is 7.68. The van der Waals surface area contributed by atoms with E-state index in [0.29, 0.717) is 17.4 Å². The third-order valence-electron chi connectivity index (χ3n) is 3.59. The molecule has 0 bridgehead atoms. The molecule has 0 unspecified atom stereocenters. The number of hydrogen-bond donors (Lipinski definition) is 1. The van der Waals surface area contributed by atoms with Gasteiger partial charge >= 0.3 is 0 Å². The van der Waals surface area contributed by atoms with Crippen LogP contribution in [0.3, 0.4) is 0 Å². The maximum atomic E-state index is 12.8. The van der Waals surface area contributed by atoms with Crippen LogP contribution in [0.25, 0.3) is 11.0 Å². The van der Waals surface area contributed by atoms with Crippen LogP contribution in [0.2, 0.25) is 0 Å². The van der Waals surface area contributed by atoms with Crippen LogP contribution in [0.15, 0.2) is 50.3 Å². The Bertz CT molecular complexity index is 998. The van der Waals surface area contributed by atoms with E-state index in [1.807, 2.05) is 13.0 Å². The molecule has 0 fully saturated rings. The number of anilines is 1. The van der Waals surface area contributed by atoms with E-state index in [1.165, 1.54) is 7.11 Å². The average Bonchev–Trinajstić information content (AvgIpc) is 2.95. The summed E-state index contributed by atoms with van der Waals surface area (Å²) in [7, 11) is -2.44. The lowest BCUT2D eigenvalue weighted by Crippen LogP contribution is -2.15. The van der Waals surface area contributed by atoms with Crippen molar-refractivity contribution in [2.24, 2.45) is 0 Å². The van der Waals surface area contributed by atoms with Gasteiger partial charge in [-0.15, -0.1) is 0 Å². The molecular formula is C16H15BrN2O4S. The van der Waals surface area contributed by atoms with E-state index in [1.54, 1.807) is 30.3 Å². The molecule has 3 aromatic rings. The predicted octanol–water partition coefficient (Wildman–Crippen LogP) is 3.96. The zero-order valence-corrected chi connectivity index (χ0v) is 15.4. The largest absolute Gasteiger partial charge is 0.495 e. The van der Waals surface area contributed by atoms with Gasteiger partial charge in [-0.3, -0.25) is 4.72 Å². The van der Waals surface area contributed by atoms with Gasteiger partial charge < -0.3 is 9.26 Å². The molecule has 8 heteroatoms. The van der Waals surface area contributed by atoms with Crippen molar-refractivity contribution in [1.29, 1.82) is 0 Å².